The number of ketones is 1. The zero-order valence-corrected chi connectivity index (χ0v) is 18.7. The maximum atomic E-state index is 13.6. The lowest BCUT2D eigenvalue weighted by molar-refractivity contribution is -0.291. The van der Waals surface area contributed by atoms with E-state index < -0.39 is 37.0 Å². The summed E-state index contributed by atoms with van der Waals surface area (Å²) in [5.74, 6) is -1.49. The first-order valence-corrected chi connectivity index (χ1v) is 13.6. The van der Waals surface area contributed by atoms with Crippen molar-refractivity contribution in [2.24, 2.45) is 11.3 Å². The van der Waals surface area contributed by atoms with Crippen LogP contribution in [0.25, 0.3) is 0 Å². The summed E-state index contributed by atoms with van der Waals surface area (Å²) < 4.78 is 31.3. The average molecular weight is 399 g/mol. The van der Waals surface area contributed by atoms with Crippen LogP contribution in [-0.2, 0) is 28.2 Å². The van der Waals surface area contributed by atoms with Crippen molar-refractivity contribution in [2.45, 2.75) is 96.0 Å². The molecule has 2 aliphatic heterocycles. The molecular weight excluding hydrogens is 364 g/mol. The molecule has 27 heavy (non-hydrogen) atoms. The molecule has 2 saturated heterocycles. The third-order valence-electron chi connectivity index (χ3n) is 6.81. The Hall–Kier alpha value is -0.313. The maximum Gasteiger partial charge on any atom is 0.184 e. The van der Waals surface area contributed by atoms with Crippen molar-refractivity contribution < 1.29 is 28.2 Å². The Morgan fingerprint density at radius 1 is 1.00 bits per heavy atom. The summed E-state index contributed by atoms with van der Waals surface area (Å²) in [6.07, 6.45) is 1.21. The lowest BCUT2D eigenvalue weighted by atomic mass is 9.53. The zero-order chi connectivity index (χ0) is 19.9. The lowest BCUT2D eigenvalue weighted by Crippen LogP contribution is -2.68. The highest BCUT2D eigenvalue weighted by Gasteiger charge is 2.70. The number of carbonyl (C=O) groups is 1. The molecule has 2 saturated carbocycles. The first kappa shape index (κ1) is 20.0. The SMILES string of the molecule is CC1(C)O[C@H]2C[C@@]3(C)[C@@H](C[C@@]2(C)O1)C(=O)[C@H](O[Si](C)(C)C)CC31OCCO1. The lowest BCUT2D eigenvalue weighted by Gasteiger charge is -2.59. The summed E-state index contributed by atoms with van der Waals surface area (Å²) in [6.45, 7) is 15.6. The molecule has 154 valence electrons. The molecule has 6 nitrogen and oxygen atoms in total. The van der Waals surface area contributed by atoms with E-state index in [4.69, 9.17) is 23.4 Å². The Balaban J connectivity index is 1.73. The van der Waals surface area contributed by atoms with E-state index in [0.29, 0.717) is 32.5 Å². The number of hydrogen-bond donors (Lipinski definition) is 0. The molecule has 0 amide bonds. The molecule has 0 aromatic carbocycles. The third kappa shape index (κ3) is 3.05. The predicted molar refractivity (Wildman–Crippen MR) is 102 cm³/mol. The van der Waals surface area contributed by atoms with Gasteiger partial charge in [0.05, 0.1) is 24.9 Å². The fourth-order valence-corrected chi connectivity index (χ4v) is 6.83. The van der Waals surface area contributed by atoms with Gasteiger partial charge in [-0.25, -0.2) is 0 Å². The van der Waals surface area contributed by atoms with Crippen LogP contribution in [0.5, 0.6) is 0 Å². The van der Waals surface area contributed by atoms with Crippen molar-refractivity contribution in [1.82, 2.24) is 0 Å². The standard InChI is InChI=1S/C20H34O6Si/c1-17(2)24-15-12-18(3)13(10-19(15,4)26-17)16(21)14(25-27(5,6)7)11-20(18)22-8-9-23-20/h13-15H,8-12H2,1-7H3/t13-,14+,15-,18-,19+/m0/s1. The summed E-state index contributed by atoms with van der Waals surface area (Å²) in [4.78, 5) is 13.6. The van der Waals surface area contributed by atoms with Gasteiger partial charge in [-0.3, -0.25) is 4.79 Å². The maximum absolute atomic E-state index is 13.6. The molecule has 5 atom stereocenters. The molecule has 0 N–H and O–H groups in total. The van der Waals surface area contributed by atoms with Gasteiger partial charge in [-0.15, -0.1) is 0 Å². The minimum Gasteiger partial charge on any atom is -0.407 e. The van der Waals surface area contributed by atoms with E-state index >= 15 is 0 Å². The highest BCUT2D eigenvalue weighted by Crippen LogP contribution is 2.62. The third-order valence-corrected chi connectivity index (χ3v) is 7.80. The minimum atomic E-state index is -1.89. The number of fused-ring (bicyclic) bond motifs is 3. The van der Waals surface area contributed by atoms with Crippen LogP contribution in [0.3, 0.4) is 0 Å². The molecule has 0 aromatic heterocycles. The van der Waals surface area contributed by atoms with Crippen LogP contribution in [0.15, 0.2) is 0 Å². The van der Waals surface area contributed by atoms with Crippen molar-refractivity contribution in [3.05, 3.63) is 0 Å². The Kier molecular flexibility index (Phi) is 4.34. The van der Waals surface area contributed by atoms with Crippen LogP contribution in [0, 0.1) is 11.3 Å². The Morgan fingerprint density at radius 2 is 1.63 bits per heavy atom. The Labute approximate surface area is 163 Å². The van der Waals surface area contributed by atoms with Gasteiger partial charge in [0.25, 0.3) is 0 Å². The normalized spacial score (nSPS) is 45.7. The quantitative estimate of drug-likeness (QED) is 0.666. The molecule has 1 spiro atoms. The summed E-state index contributed by atoms with van der Waals surface area (Å²) in [5, 5.41) is 0. The van der Waals surface area contributed by atoms with Gasteiger partial charge in [0.2, 0.25) is 0 Å². The highest BCUT2D eigenvalue weighted by atomic mass is 28.4. The summed E-state index contributed by atoms with van der Waals surface area (Å²) in [7, 11) is -1.89. The van der Waals surface area contributed by atoms with Crippen LogP contribution in [-0.4, -0.2) is 56.7 Å². The molecule has 0 unspecified atom stereocenters. The van der Waals surface area contributed by atoms with Gasteiger partial charge >= 0.3 is 0 Å². The van der Waals surface area contributed by atoms with Gasteiger partial charge in [-0.1, -0.05) is 6.92 Å². The second-order valence-electron chi connectivity index (χ2n) is 10.6. The topological polar surface area (TPSA) is 63.2 Å². The fraction of sp³-hybridized carbons (Fsp3) is 0.950. The predicted octanol–water partition coefficient (Wildman–Crippen LogP) is 3.25. The van der Waals surface area contributed by atoms with Crippen molar-refractivity contribution in [3.63, 3.8) is 0 Å². The van der Waals surface area contributed by atoms with E-state index in [1.807, 2.05) is 13.8 Å². The number of hydrogen-bond acceptors (Lipinski definition) is 6. The number of Topliss-reactive ketones (excluding diaryl/α,β-unsaturated/α-hetero) is 1. The van der Waals surface area contributed by atoms with Crippen LogP contribution >= 0.6 is 0 Å². The number of rotatable bonds is 2. The molecule has 0 radical (unpaired) electrons. The first-order valence-electron chi connectivity index (χ1n) is 10.2. The Bertz CT molecular complexity index is 637. The van der Waals surface area contributed by atoms with Gasteiger partial charge in [0.15, 0.2) is 25.7 Å². The molecule has 2 heterocycles. The fourth-order valence-electron chi connectivity index (χ4n) is 5.77. The molecule has 4 fully saturated rings. The molecule has 7 heteroatoms. The van der Waals surface area contributed by atoms with E-state index in [1.165, 1.54) is 0 Å². The smallest absolute Gasteiger partial charge is 0.184 e. The highest BCUT2D eigenvalue weighted by molar-refractivity contribution is 6.69. The number of carbonyl (C=O) groups excluding carboxylic acids is 1. The summed E-state index contributed by atoms with van der Waals surface area (Å²) in [6, 6.07) is 0. The van der Waals surface area contributed by atoms with E-state index in [2.05, 4.69) is 33.5 Å². The van der Waals surface area contributed by atoms with Gasteiger partial charge in [-0.05, 0) is 53.3 Å². The van der Waals surface area contributed by atoms with Crippen LogP contribution in [0.2, 0.25) is 19.6 Å². The molecule has 2 aliphatic carbocycles. The summed E-state index contributed by atoms with van der Waals surface area (Å²) in [5.41, 5.74) is -0.933. The molecule has 0 aromatic rings. The van der Waals surface area contributed by atoms with E-state index in [9.17, 15) is 4.79 Å². The van der Waals surface area contributed by atoms with E-state index in [1.54, 1.807) is 0 Å². The monoisotopic (exact) mass is 398 g/mol. The minimum absolute atomic E-state index is 0.0827. The number of ether oxygens (including phenoxy) is 4. The second kappa shape index (κ2) is 5.86. The zero-order valence-electron chi connectivity index (χ0n) is 17.7. The van der Waals surface area contributed by atoms with Gasteiger partial charge in [0.1, 0.15) is 6.10 Å². The van der Waals surface area contributed by atoms with Crippen molar-refractivity contribution in [2.75, 3.05) is 13.2 Å². The molecule has 4 aliphatic rings. The van der Waals surface area contributed by atoms with Crippen LogP contribution in [0.4, 0.5) is 0 Å². The molecule has 0 bridgehead atoms. The van der Waals surface area contributed by atoms with E-state index in [-0.39, 0.29) is 17.8 Å². The van der Waals surface area contributed by atoms with Gasteiger partial charge in [-0.2, -0.15) is 0 Å². The van der Waals surface area contributed by atoms with Crippen molar-refractivity contribution in [3.8, 4) is 0 Å². The largest absolute Gasteiger partial charge is 0.407 e. The van der Waals surface area contributed by atoms with Crippen molar-refractivity contribution in [1.29, 1.82) is 0 Å². The van der Waals surface area contributed by atoms with E-state index in [0.717, 1.165) is 0 Å². The Morgan fingerprint density at radius 3 is 2.22 bits per heavy atom. The second-order valence-corrected chi connectivity index (χ2v) is 15.0. The first-order chi connectivity index (χ1) is 12.3. The van der Waals surface area contributed by atoms with Gasteiger partial charge < -0.3 is 23.4 Å². The van der Waals surface area contributed by atoms with Crippen LogP contribution in [0.1, 0.15) is 47.0 Å². The van der Waals surface area contributed by atoms with Gasteiger partial charge in [0, 0.05) is 17.8 Å². The van der Waals surface area contributed by atoms with Crippen LogP contribution < -0.4 is 0 Å². The summed E-state index contributed by atoms with van der Waals surface area (Å²) >= 11 is 0. The average Bonchev–Trinajstić information content (AvgIpc) is 3.04. The molecular formula is C20H34O6Si. The van der Waals surface area contributed by atoms with Crippen molar-refractivity contribution >= 4 is 14.1 Å². The molecule has 4 rings (SSSR count).